The van der Waals surface area contributed by atoms with Crippen molar-refractivity contribution < 1.29 is 14.3 Å². The first-order valence-electron chi connectivity index (χ1n) is 10.4. The summed E-state index contributed by atoms with van der Waals surface area (Å²) in [4.78, 5) is 15.0. The SMILES string of the molecule is CCCCC(C)(OC)C(=O)Nc1ccc(OCCN2CCCCCC2)cc1. The molecule has 1 heterocycles. The zero-order valence-corrected chi connectivity index (χ0v) is 17.3. The molecule has 1 aliphatic heterocycles. The van der Waals surface area contributed by atoms with Gasteiger partial charge in [-0.25, -0.2) is 0 Å². The van der Waals surface area contributed by atoms with Crippen molar-refractivity contribution in [3.05, 3.63) is 24.3 Å². The molecule has 1 amide bonds. The normalized spacial score (nSPS) is 17.7. The third kappa shape index (κ3) is 7.15. The maximum absolute atomic E-state index is 12.6. The van der Waals surface area contributed by atoms with Crippen molar-refractivity contribution in [2.75, 3.05) is 38.7 Å². The largest absolute Gasteiger partial charge is 0.492 e. The van der Waals surface area contributed by atoms with Crippen LogP contribution in [-0.4, -0.2) is 49.8 Å². The van der Waals surface area contributed by atoms with Crippen molar-refractivity contribution in [1.82, 2.24) is 4.90 Å². The van der Waals surface area contributed by atoms with Crippen molar-refractivity contribution in [2.45, 2.75) is 64.4 Å². The number of nitrogens with zero attached hydrogens (tertiary/aromatic N) is 1. The molecule has 0 saturated carbocycles. The Morgan fingerprint density at radius 1 is 1.15 bits per heavy atom. The molecule has 1 aromatic carbocycles. The molecular formula is C22H36N2O3. The average Bonchev–Trinajstić information content (AvgIpc) is 2.96. The maximum Gasteiger partial charge on any atom is 0.256 e. The molecule has 1 saturated heterocycles. The summed E-state index contributed by atoms with van der Waals surface area (Å²) >= 11 is 0. The van der Waals surface area contributed by atoms with Crippen LogP contribution in [0.5, 0.6) is 5.75 Å². The second kappa shape index (κ2) is 11.3. The minimum atomic E-state index is -0.793. The number of nitrogens with one attached hydrogen (secondary N) is 1. The van der Waals surface area contributed by atoms with Gasteiger partial charge in [-0.05, 0) is 63.5 Å². The van der Waals surface area contributed by atoms with E-state index in [1.165, 1.54) is 38.8 Å². The van der Waals surface area contributed by atoms with E-state index in [-0.39, 0.29) is 5.91 Å². The van der Waals surface area contributed by atoms with Crippen molar-refractivity contribution in [3.8, 4) is 5.75 Å². The highest BCUT2D eigenvalue weighted by atomic mass is 16.5. The molecule has 1 atom stereocenters. The van der Waals surface area contributed by atoms with Crippen LogP contribution in [-0.2, 0) is 9.53 Å². The number of likely N-dealkylation sites (tertiary alicyclic amines) is 1. The van der Waals surface area contributed by atoms with E-state index in [0.717, 1.165) is 30.8 Å². The summed E-state index contributed by atoms with van der Waals surface area (Å²) in [5.41, 5.74) is -0.0298. The molecule has 1 aromatic rings. The molecule has 2 rings (SSSR count). The molecular weight excluding hydrogens is 340 g/mol. The smallest absolute Gasteiger partial charge is 0.256 e. The van der Waals surface area contributed by atoms with Crippen LogP contribution in [0.3, 0.4) is 0 Å². The van der Waals surface area contributed by atoms with Gasteiger partial charge in [0.25, 0.3) is 5.91 Å². The molecule has 1 unspecified atom stereocenters. The van der Waals surface area contributed by atoms with Gasteiger partial charge in [0.05, 0.1) is 0 Å². The van der Waals surface area contributed by atoms with E-state index in [9.17, 15) is 4.79 Å². The Bertz CT molecular complexity index is 553. The van der Waals surface area contributed by atoms with E-state index in [4.69, 9.17) is 9.47 Å². The summed E-state index contributed by atoms with van der Waals surface area (Å²) < 4.78 is 11.3. The topological polar surface area (TPSA) is 50.8 Å². The number of amides is 1. The van der Waals surface area contributed by atoms with E-state index < -0.39 is 5.60 Å². The molecule has 27 heavy (non-hydrogen) atoms. The molecule has 1 N–H and O–H groups in total. The first-order chi connectivity index (χ1) is 13.1. The van der Waals surface area contributed by atoms with Gasteiger partial charge in [0, 0.05) is 19.3 Å². The first kappa shape index (κ1) is 21.7. The monoisotopic (exact) mass is 376 g/mol. The predicted molar refractivity (Wildman–Crippen MR) is 110 cm³/mol. The lowest BCUT2D eigenvalue weighted by molar-refractivity contribution is -0.136. The number of carbonyl (C=O) groups is 1. The van der Waals surface area contributed by atoms with E-state index in [1.807, 2.05) is 31.2 Å². The van der Waals surface area contributed by atoms with E-state index >= 15 is 0 Å². The average molecular weight is 377 g/mol. The number of methoxy groups -OCH3 is 1. The van der Waals surface area contributed by atoms with Gasteiger partial charge >= 0.3 is 0 Å². The number of rotatable bonds is 10. The van der Waals surface area contributed by atoms with Gasteiger partial charge in [-0.15, -0.1) is 0 Å². The molecule has 0 radical (unpaired) electrons. The van der Waals surface area contributed by atoms with Gasteiger partial charge in [-0.2, -0.15) is 0 Å². The Hall–Kier alpha value is -1.59. The van der Waals surface area contributed by atoms with Gasteiger partial charge in [0.15, 0.2) is 0 Å². The van der Waals surface area contributed by atoms with Gasteiger partial charge in [0.1, 0.15) is 18.0 Å². The molecule has 5 nitrogen and oxygen atoms in total. The van der Waals surface area contributed by atoms with Gasteiger partial charge in [0.2, 0.25) is 0 Å². The fourth-order valence-corrected chi connectivity index (χ4v) is 3.37. The third-order valence-corrected chi connectivity index (χ3v) is 5.43. The number of hydrogen-bond acceptors (Lipinski definition) is 4. The van der Waals surface area contributed by atoms with Crippen LogP contribution in [0.4, 0.5) is 5.69 Å². The highest BCUT2D eigenvalue weighted by molar-refractivity contribution is 5.97. The third-order valence-electron chi connectivity index (χ3n) is 5.43. The Morgan fingerprint density at radius 3 is 2.41 bits per heavy atom. The Labute approximate surface area is 164 Å². The summed E-state index contributed by atoms with van der Waals surface area (Å²) in [7, 11) is 1.59. The number of hydrogen-bond donors (Lipinski definition) is 1. The van der Waals surface area contributed by atoms with Gasteiger partial charge in [-0.1, -0.05) is 32.6 Å². The summed E-state index contributed by atoms with van der Waals surface area (Å²) in [6, 6.07) is 7.59. The van der Waals surface area contributed by atoms with Crippen LogP contribution in [0.15, 0.2) is 24.3 Å². The van der Waals surface area contributed by atoms with Gasteiger partial charge in [-0.3, -0.25) is 9.69 Å². The summed E-state index contributed by atoms with van der Waals surface area (Å²) in [5.74, 6) is 0.733. The molecule has 1 fully saturated rings. The number of carbonyl (C=O) groups excluding carboxylic acids is 1. The van der Waals surface area contributed by atoms with Crippen LogP contribution < -0.4 is 10.1 Å². The van der Waals surface area contributed by atoms with Crippen molar-refractivity contribution in [2.24, 2.45) is 0 Å². The fourth-order valence-electron chi connectivity index (χ4n) is 3.37. The Kier molecular flexibility index (Phi) is 9.08. The number of ether oxygens (including phenoxy) is 2. The second-order valence-corrected chi connectivity index (χ2v) is 7.62. The molecule has 0 bridgehead atoms. The van der Waals surface area contributed by atoms with Crippen LogP contribution in [0.1, 0.15) is 58.8 Å². The van der Waals surface area contributed by atoms with Crippen LogP contribution in [0, 0.1) is 0 Å². The van der Waals surface area contributed by atoms with Crippen molar-refractivity contribution in [1.29, 1.82) is 0 Å². The molecule has 0 spiro atoms. The predicted octanol–water partition coefficient (Wildman–Crippen LogP) is 4.48. The molecule has 152 valence electrons. The standard InChI is InChI=1S/C22H36N2O3/c1-4-5-14-22(2,26-3)21(25)23-19-10-12-20(13-11-19)27-18-17-24-15-8-6-7-9-16-24/h10-13H,4-9,14-18H2,1-3H3,(H,23,25). The number of anilines is 1. The lowest BCUT2D eigenvalue weighted by atomic mass is 9.97. The van der Waals surface area contributed by atoms with Crippen LogP contribution in [0.25, 0.3) is 0 Å². The highest BCUT2D eigenvalue weighted by Gasteiger charge is 2.32. The minimum absolute atomic E-state index is 0.103. The summed E-state index contributed by atoms with van der Waals surface area (Å²) in [6.07, 6.45) is 8.01. The minimum Gasteiger partial charge on any atom is -0.492 e. The molecule has 0 aliphatic carbocycles. The molecule has 0 aromatic heterocycles. The quantitative estimate of drug-likeness (QED) is 0.654. The number of unbranched alkanes of at least 4 members (excludes halogenated alkanes) is 1. The van der Waals surface area contributed by atoms with Crippen LogP contribution >= 0.6 is 0 Å². The lowest BCUT2D eigenvalue weighted by Gasteiger charge is -2.26. The van der Waals surface area contributed by atoms with E-state index in [2.05, 4.69) is 17.1 Å². The van der Waals surface area contributed by atoms with Crippen molar-refractivity contribution in [3.63, 3.8) is 0 Å². The second-order valence-electron chi connectivity index (χ2n) is 7.62. The zero-order chi connectivity index (χ0) is 19.5. The fraction of sp³-hybridized carbons (Fsp3) is 0.682. The Balaban J connectivity index is 1.79. The highest BCUT2D eigenvalue weighted by Crippen LogP contribution is 2.22. The summed E-state index contributed by atoms with van der Waals surface area (Å²) in [6.45, 7) is 8.00. The number of benzene rings is 1. The summed E-state index contributed by atoms with van der Waals surface area (Å²) in [5, 5.41) is 2.96. The molecule has 1 aliphatic rings. The lowest BCUT2D eigenvalue weighted by Crippen LogP contribution is -2.41. The van der Waals surface area contributed by atoms with E-state index in [0.29, 0.717) is 13.0 Å². The Morgan fingerprint density at radius 2 is 1.81 bits per heavy atom. The van der Waals surface area contributed by atoms with E-state index in [1.54, 1.807) is 7.11 Å². The zero-order valence-electron chi connectivity index (χ0n) is 17.3. The van der Waals surface area contributed by atoms with Crippen molar-refractivity contribution >= 4 is 11.6 Å². The molecule has 5 heteroatoms. The first-order valence-corrected chi connectivity index (χ1v) is 10.4. The van der Waals surface area contributed by atoms with Crippen LogP contribution in [0.2, 0.25) is 0 Å². The van der Waals surface area contributed by atoms with Gasteiger partial charge < -0.3 is 14.8 Å². The maximum atomic E-state index is 12.6.